The van der Waals surface area contributed by atoms with Crippen molar-refractivity contribution in [1.29, 1.82) is 0 Å². The van der Waals surface area contributed by atoms with Gasteiger partial charge in [-0.2, -0.15) is 0 Å². The van der Waals surface area contributed by atoms with Crippen LogP contribution in [0.25, 0.3) is 0 Å². The Labute approximate surface area is 97.0 Å². The molecule has 2 aliphatic rings. The van der Waals surface area contributed by atoms with E-state index in [1.165, 1.54) is 38.8 Å². The number of hydrogen-bond acceptors (Lipinski definition) is 3. The largest absolute Gasteiger partial charge is 0.432 e. The molecule has 2 aliphatic heterocycles. The first-order valence-corrected chi connectivity index (χ1v) is 5.94. The van der Waals surface area contributed by atoms with Crippen molar-refractivity contribution in [3.8, 4) is 0 Å². The molecule has 16 heavy (non-hydrogen) atoms. The van der Waals surface area contributed by atoms with E-state index < -0.39 is 7.69 Å². The molecule has 3 rings (SSSR count). The van der Waals surface area contributed by atoms with Crippen molar-refractivity contribution in [2.45, 2.75) is 25.7 Å². The van der Waals surface area contributed by atoms with Gasteiger partial charge in [0.1, 0.15) is 0 Å². The van der Waals surface area contributed by atoms with Crippen LogP contribution in [-0.2, 0) is 12.8 Å². The third kappa shape index (κ3) is 2.23. The zero-order valence-electron chi connectivity index (χ0n) is 9.52. The highest BCUT2D eigenvalue weighted by molar-refractivity contribution is 6.13. The van der Waals surface area contributed by atoms with Crippen molar-refractivity contribution in [2.75, 3.05) is 18.0 Å². The number of para-hydroxylation sites is 1. The third-order valence-corrected chi connectivity index (χ3v) is 3.27. The van der Waals surface area contributed by atoms with E-state index in [9.17, 15) is 0 Å². The first-order valence-electron chi connectivity index (χ1n) is 5.94. The molecule has 1 aromatic rings. The minimum absolute atomic E-state index is 0.750. The molecule has 86 valence electrons. The van der Waals surface area contributed by atoms with E-state index in [1.54, 1.807) is 16.8 Å². The van der Waals surface area contributed by atoms with Crippen molar-refractivity contribution in [1.82, 2.24) is 0 Å². The molecular weight excluding hydrogens is 201 g/mol. The van der Waals surface area contributed by atoms with E-state index >= 15 is 0 Å². The summed E-state index contributed by atoms with van der Waals surface area (Å²) in [5.41, 5.74) is 4.76. The van der Waals surface area contributed by atoms with Crippen LogP contribution in [0.1, 0.15) is 24.0 Å². The molecule has 4 heteroatoms. The van der Waals surface area contributed by atoms with Gasteiger partial charge in [0.05, 0.1) is 0 Å². The lowest BCUT2D eigenvalue weighted by atomic mass is 9.92. The predicted molar refractivity (Wildman–Crippen MR) is 66.9 cm³/mol. The maximum atomic E-state index is 7.12. The smallest absolute Gasteiger partial charge is 0.430 e. The summed E-state index contributed by atoms with van der Waals surface area (Å²) in [6.07, 6.45) is 5.27. The highest BCUT2D eigenvalue weighted by Crippen LogP contribution is 2.34. The molecule has 0 fully saturated rings. The molecule has 0 saturated carbocycles. The van der Waals surface area contributed by atoms with Crippen LogP contribution < -0.4 is 4.90 Å². The summed E-state index contributed by atoms with van der Waals surface area (Å²) in [6.45, 7) is 2.56. The fourth-order valence-electron chi connectivity index (χ4n) is 2.71. The molecule has 3 nitrogen and oxygen atoms in total. The number of rotatable bonds is 0. The van der Waals surface area contributed by atoms with Crippen LogP contribution in [0.3, 0.4) is 0 Å². The van der Waals surface area contributed by atoms with E-state index in [0.29, 0.717) is 0 Å². The average Bonchev–Trinajstić information content (AvgIpc) is 2.31. The standard InChI is InChI=1S/C12H15N.BH3O2/c1-4-10-6-2-8-13-9-3-7-11(5-1)12(10)13;2-1-3/h1,4-5H,2-3,6-9H2;1-3H. The van der Waals surface area contributed by atoms with Gasteiger partial charge in [0.25, 0.3) is 0 Å². The maximum Gasteiger partial charge on any atom is 0.432 e. The van der Waals surface area contributed by atoms with Crippen LogP contribution in [0, 0.1) is 0 Å². The van der Waals surface area contributed by atoms with Gasteiger partial charge in [0.15, 0.2) is 0 Å². The Kier molecular flexibility index (Phi) is 3.85. The SMILES string of the molecule is OBO.c1cc2c3c(c1)CCCN3CCC2. The third-order valence-electron chi connectivity index (χ3n) is 3.27. The van der Waals surface area contributed by atoms with E-state index in [0.717, 1.165) is 0 Å². The van der Waals surface area contributed by atoms with Gasteiger partial charge in [-0.05, 0) is 36.8 Å². The Balaban J connectivity index is 0.000000292. The van der Waals surface area contributed by atoms with Crippen LogP contribution in [0.15, 0.2) is 18.2 Å². The van der Waals surface area contributed by atoms with Gasteiger partial charge in [0.2, 0.25) is 0 Å². The summed E-state index contributed by atoms with van der Waals surface area (Å²) >= 11 is 0. The van der Waals surface area contributed by atoms with E-state index in [1.807, 2.05) is 0 Å². The van der Waals surface area contributed by atoms with Crippen LogP contribution in [0.4, 0.5) is 5.69 Å². The first-order chi connectivity index (χ1) is 7.86. The summed E-state index contributed by atoms with van der Waals surface area (Å²) in [5.74, 6) is 0. The zero-order valence-corrected chi connectivity index (χ0v) is 9.52. The summed E-state index contributed by atoms with van der Waals surface area (Å²) in [5, 5.41) is 14.2. The van der Waals surface area contributed by atoms with Crippen LogP contribution in [0.2, 0.25) is 0 Å². The van der Waals surface area contributed by atoms with Crippen LogP contribution >= 0.6 is 0 Å². The van der Waals surface area contributed by atoms with Gasteiger partial charge >= 0.3 is 7.69 Å². The van der Waals surface area contributed by atoms with Crippen molar-refractivity contribution in [2.24, 2.45) is 0 Å². The van der Waals surface area contributed by atoms with Crippen molar-refractivity contribution in [3.05, 3.63) is 29.3 Å². The summed E-state index contributed by atoms with van der Waals surface area (Å²) < 4.78 is 0. The minimum Gasteiger partial charge on any atom is -0.430 e. The Morgan fingerprint density at radius 3 is 2.00 bits per heavy atom. The van der Waals surface area contributed by atoms with Crippen LogP contribution in [0.5, 0.6) is 0 Å². The molecule has 0 aliphatic carbocycles. The molecule has 1 aromatic carbocycles. The lowest BCUT2D eigenvalue weighted by Gasteiger charge is -2.36. The maximum absolute atomic E-state index is 7.12. The van der Waals surface area contributed by atoms with Gasteiger partial charge in [-0.3, -0.25) is 0 Å². The molecule has 0 radical (unpaired) electrons. The summed E-state index contributed by atoms with van der Waals surface area (Å²) in [7, 11) is -0.750. The molecule has 2 N–H and O–H groups in total. The van der Waals surface area contributed by atoms with E-state index in [2.05, 4.69) is 23.1 Å². The number of nitrogens with zero attached hydrogens (tertiary/aromatic N) is 1. The Morgan fingerprint density at radius 1 is 1.00 bits per heavy atom. The van der Waals surface area contributed by atoms with Gasteiger partial charge in [0, 0.05) is 18.8 Å². The lowest BCUT2D eigenvalue weighted by molar-refractivity contribution is 0.448. The Morgan fingerprint density at radius 2 is 1.50 bits per heavy atom. The van der Waals surface area contributed by atoms with Crippen molar-refractivity contribution < 1.29 is 10.0 Å². The lowest BCUT2D eigenvalue weighted by Crippen LogP contribution is -2.34. The molecule has 0 aromatic heterocycles. The Hall–Kier alpha value is -0.995. The summed E-state index contributed by atoms with van der Waals surface area (Å²) in [4.78, 5) is 2.58. The molecule has 0 bridgehead atoms. The van der Waals surface area contributed by atoms with E-state index in [4.69, 9.17) is 10.0 Å². The second-order valence-corrected chi connectivity index (χ2v) is 4.26. The fraction of sp³-hybridized carbons (Fsp3) is 0.500. The van der Waals surface area contributed by atoms with Crippen molar-refractivity contribution in [3.63, 3.8) is 0 Å². The topological polar surface area (TPSA) is 43.7 Å². The van der Waals surface area contributed by atoms with Gasteiger partial charge in [-0.15, -0.1) is 0 Å². The molecular formula is C12H18BNO2. The average molecular weight is 219 g/mol. The normalized spacial score (nSPS) is 17.0. The highest BCUT2D eigenvalue weighted by atomic mass is 16.4. The monoisotopic (exact) mass is 219 g/mol. The molecule has 0 amide bonds. The molecule has 0 spiro atoms. The molecule has 0 saturated heterocycles. The fourth-order valence-corrected chi connectivity index (χ4v) is 2.71. The molecule has 0 atom stereocenters. The predicted octanol–water partition coefficient (Wildman–Crippen LogP) is 0.623. The van der Waals surface area contributed by atoms with Crippen molar-refractivity contribution >= 4 is 13.4 Å². The zero-order chi connectivity index (χ0) is 11.4. The van der Waals surface area contributed by atoms with Gasteiger partial charge in [-0.1, -0.05) is 18.2 Å². The minimum atomic E-state index is -0.750. The second kappa shape index (κ2) is 5.37. The molecule has 0 unspecified atom stereocenters. The highest BCUT2D eigenvalue weighted by Gasteiger charge is 2.22. The second-order valence-electron chi connectivity index (χ2n) is 4.26. The van der Waals surface area contributed by atoms with Gasteiger partial charge < -0.3 is 14.9 Å². The van der Waals surface area contributed by atoms with Crippen LogP contribution in [-0.4, -0.2) is 30.8 Å². The first kappa shape index (κ1) is 11.5. The Bertz CT molecular complexity index is 329. The number of anilines is 1. The van der Waals surface area contributed by atoms with E-state index in [-0.39, 0.29) is 0 Å². The summed E-state index contributed by atoms with van der Waals surface area (Å²) in [6, 6.07) is 6.83. The number of aryl methyl sites for hydroxylation is 2. The quantitative estimate of drug-likeness (QED) is 0.629. The number of hydrogen-bond donors (Lipinski definition) is 2. The molecule has 2 heterocycles. The van der Waals surface area contributed by atoms with Gasteiger partial charge in [-0.25, -0.2) is 0 Å². The number of benzene rings is 1.